The van der Waals surface area contributed by atoms with Crippen molar-refractivity contribution in [2.24, 2.45) is 17.6 Å². The quantitative estimate of drug-likeness (QED) is 0.643. The SMILES string of the molecule is COc1ccc(CN(Cc2ccc(NC(C)=O)cc2)CC2CCC(CN)CC2)cc1. The van der Waals surface area contributed by atoms with E-state index in [-0.39, 0.29) is 5.91 Å². The number of rotatable bonds is 9. The first-order valence-electron chi connectivity index (χ1n) is 11.0. The van der Waals surface area contributed by atoms with E-state index >= 15 is 0 Å². The zero-order chi connectivity index (χ0) is 21.3. The number of hydrogen-bond donors (Lipinski definition) is 2. The molecule has 3 N–H and O–H groups in total. The fraction of sp³-hybridized carbons (Fsp3) is 0.480. The lowest BCUT2D eigenvalue weighted by Crippen LogP contribution is -2.32. The zero-order valence-corrected chi connectivity index (χ0v) is 18.3. The molecule has 0 aliphatic heterocycles. The molecule has 0 bridgehead atoms. The standard InChI is InChI=1S/C25H35N3O2/c1-19(29)27-24-11-7-22(8-12-24)17-28(16-21-5-3-20(15-26)4-6-21)18-23-9-13-25(30-2)14-10-23/h7-14,20-21H,3-6,15-18,26H2,1-2H3,(H,27,29). The van der Waals surface area contributed by atoms with Gasteiger partial charge in [0.25, 0.3) is 0 Å². The molecular formula is C25H35N3O2. The van der Waals surface area contributed by atoms with Gasteiger partial charge in [-0.2, -0.15) is 0 Å². The highest BCUT2D eigenvalue weighted by Crippen LogP contribution is 2.29. The molecule has 0 heterocycles. The maximum absolute atomic E-state index is 11.3. The summed E-state index contributed by atoms with van der Waals surface area (Å²) >= 11 is 0. The summed E-state index contributed by atoms with van der Waals surface area (Å²) in [4.78, 5) is 13.8. The van der Waals surface area contributed by atoms with Crippen molar-refractivity contribution in [1.29, 1.82) is 0 Å². The van der Waals surface area contributed by atoms with Crippen molar-refractivity contribution in [1.82, 2.24) is 4.90 Å². The Morgan fingerprint density at radius 2 is 1.50 bits per heavy atom. The van der Waals surface area contributed by atoms with E-state index in [0.29, 0.717) is 5.92 Å². The number of nitrogens with two attached hydrogens (primary N) is 1. The fourth-order valence-corrected chi connectivity index (χ4v) is 4.34. The highest BCUT2D eigenvalue weighted by Gasteiger charge is 2.22. The number of nitrogens with one attached hydrogen (secondary N) is 1. The minimum Gasteiger partial charge on any atom is -0.497 e. The Balaban J connectivity index is 1.67. The summed E-state index contributed by atoms with van der Waals surface area (Å²) in [6.45, 7) is 5.25. The van der Waals surface area contributed by atoms with Gasteiger partial charge in [-0.25, -0.2) is 0 Å². The molecule has 5 heteroatoms. The molecule has 2 aromatic carbocycles. The van der Waals surface area contributed by atoms with Gasteiger partial charge in [0.05, 0.1) is 7.11 Å². The second-order valence-corrected chi connectivity index (χ2v) is 8.52. The minimum absolute atomic E-state index is 0.0445. The largest absolute Gasteiger partial charge is 0.497 e. The van der Waals surface area contributed by atoms with Crippen LogP contribution in [0.25, 0.3) is 0 Å². The van der Waals surface area contributed by atoms with Crippen molar-refractivity contribution in [3.63, 3.8) is 0 Å². The van der Waals surface area contributed by atoms with Crippen LogP contribution in [-0.2, 0) is 17.9 Å². The van der Waals surface area contributed by atoms with Gasteiger partial charge in [0, 0.05) is 32.2 Å². The summed E-state index contributed by atoms with van der Waals surface area (Å²) in [5, 5.41) is 2.84. The van der Waals surface area contributed by atoms with E-state index in [2.05, 4.69) is 34.5 Å². The number of methoxy groups -OCH3 is 1. The van der Waals surface area contributed by atoms with Crippen LogP contribution in [0.2, 0.25) is 0 Å². The Labute approximate surface area is 180 Å². The van der Waals surface area contributed by atoms with E-state index in [1.54, 1.807) is 7.11 Å². The van der Waals surface area contributed by atoms with Crippen molar-refractivity contribution in [3.05, 3.63) is 59.7 Å². The summed E-state index contributed by atoms with van der Waals surface area (Å²) in [6, 6.07) is 16.5. The molecule has 5 nitrogen and oxygen atoms in total. The number of nitrogens with zero attached hydrogens (tertiary/aromatic N) is 1. The summed E-state index contributed by atoms with van der Waals surface area (Å²) in [6.07, 6.45) is 5.04. The molecule has 3 rings (SSSR count). The van der Waals surface area contributed by atoms with Gasteiger partial charge in [-0.05, 0) is 79.5 Å². The highest BCUT2D eigenvalue weighted by molar-refractivity contribution is 5.88. The summed E-state index contributed by atoms with van der Waals surface area (Å²) in [5.41, 5.74) is 9.26. The lowest BCUT2D eigenvalue weighted by Gasteiger charge is -2.32. The van der Waals surface area contributed by atoms with Gasteiger partial charge < -0.3 is 15.8 Å². The maximum Gasteiger partial charge on any atom is 0.221 e. The number of ether oxygens (including phenoxy) is 1. The van der Waals surface area contributed by atoms with Crippen molar-refractivity contribution >= 4 is 11.6 Å². The average Bonchev–Trinajstić information content (AvgIpc) is 2.76. The molecule has 162 valence electrons. The molecule has 0 aromatic heterocycles. The molecule has 1 aliphatic rings. The third-order valence-corrected chi connectivity index (χ3v) is 6.06. The van der Waals surface area contributed by atoms with Crippen LogP contribution in [0, 0.1) is 11.8 Å². The van der Waals surface area contributed by atoms with Gasteiger partial charge >= 0.3 is 0 Å². The van der Waals surface area contributed by atoms with E-state index in [1.165, 1.54) is 43.7 Å². The smallest absolute Gasteiger partial charge is 0.221 e. The van der Waals surface area contributed by atoms with Crippen LogP contribution >= 0.6 is 0 Å². The van der Waals surface area contributed by atoms with E-state index < -0.39 is 0 Å². The Morgan fingerprint density at radius 1 is 0.967 bits per heavy atom. The summed E-state index contributed by atoms with van der Waals surface area (Å²) < 4.78 is 5.30. The van der Waals surface area contributed by atoms with Crippen molar-refractivity contribution < 1.29 is 9.53 Å². The lowest BCUT2D eigenvalue weighted by atomic mass is 9.82. The molecule has 0 spiro atoms. The highest BCUT2D eigenvalue weighted by atomic mass is 16.5. The normalized spacial score (nSPS) is 18.9. The van der Waals surface area contributed by atoms with Gasteiger partial charge in [-0.3, -0.25) is 9.69 Å². The van der Waals surface area contributed by atoms with Gasteiger partial charge in [0.15, 0.2) is 0 Å². The zero-order valence-electron chi connectivity index (χ0n) is 18.3. The molecular weight excluding hydrogens is 374 g/mol. The fourth-order valence-electron chi connectivity index (χ4n) is 4.34. The number of amides is 1. The summed E-state index contributed by atoms with van der Waals surface area (Å²) in [5.74, 6) is 2.28. The van der Waals surface area contributed by atoms with Crippen LogP contribution in [0.15, 0.2) is 48.5 Å². The van der Waals surface area contributed by atoms with Crippen LogP contribution in [0.1, 0.15) is 43.7 Å². The first kappa shape index (κ1) is 22.3. The average molecular weight is 410 g/mol. The summed E-state index contributed by atoms with van der Waals surface area (Å²) in [7, 11) is 1.70. The number of carbonyl (C=O) groups excluding carboxylic acids is 1. The first-order chi connectivity index (χ1) is 14.6. The van der Waals surface area contributed by atoms with Gasteiger partial charge in [-0.15, -0.1) is 0 Å². The predicted molar refractivity (Wildman–Crippen MR) is 122 cm³/mol. The van der Waals surface area contributed by atoms with Crippen LogP contribution in [-0.4, -0.2) is 31.0 Å². The molecule has 0 saturated heterocycles. The Hall–Kier alpha value is -2.37. The van der Waals surface area contributed by atoms with Gasteiger partial charge in [0.1, 0.15) is 5.75 Å². The van der Waals surface area contributed by atoms with E-state index in [0.717, 1.165) is 43.5 Å². The lowest BCUT2D eigenvalue weighted by molar-refractivity contribution is -0.114. The molecule has 0 atom stereocenters. The molecule has 1 saturated carbocycles. The third-order valence-electron chi connectivity index (χ3n) is 6.06. The topological polar surface area (TPSA) is 67.6 Å². The Kier molecular flexibility index (Phi) is 8.29. The molecule has 30 heavy (non-hydrogen) atoms. The second-order valence-electron chi connectivity index (χ2n) is 8.52. The minimum atomic E-state index is -0.0445. The molecule has 2 aromatic rings. The predicted octanol–water partition coefficient (Wildman–Crippen LogP) is 4.42. The first-order valence-corrected chi connectivity index (χ1v) is 11.0. The van der Waals surface area contributed by atoms with Crippen LogP contribution in [0.5, 0.6) is 5.75 Å². The van der Waals surface area contributed by atoms with E-state index in [1.807, 2.05) is 24.3 Å². The van der Waals surface area contributed by atoms with Gasteiger partial charge in [-0.1, -0.05) is 24.3 Å². The molecule has 1 aliphatic carbocycles. The maximum atomic E-state index is 11.3. The number of hydrogen-bond acceptors (Lipinski definition) is 4. The van der Waals surface area contributed by atoms with Crippen molar-refractivity contribution in [3.8, 4) is 5.75 Å². The Morgan fingerprint density at radius 3 is 2.00 bits per heavy atom. The van der Waals surface area contributed by atoms with E-state index in [4.69, 9.17) is 10.5 Å². The molecule has 1 fully saturated rings. The molecule has 0 unspecified atom stereocenters. The monoisotopic (exact) mass is 409 g/mol. The van der Waals surface area contributed by atoms with Crippen molar-refractivity contribution in [2.75, 3.05) is 25.5 Å². The third kappa shape index (κ3) is 6.85. The van der Waals surface area contributed by atoms with Crippen LogP contribution in [0.3, 0.4) is 0 Å². The van der Waals surface area contributed by atoms with E-state index in [9.17, 15) is 4.79 Å². The number of benzene rings is 2. The molecule has 1 amide bonds. The Bertz CT molecular complexity index is 781. The molecule has 0 radical (unpaired) electrons. The number of carbonyl (C=O) groups is 1. The van der Waals surface area contributed by atoms with Crippen LogP contribution < -0.4 is 15.8 Å². The van der Waals surface area contributed by atoms with Crippen LogP contribution in [0.4, 0.5) is 5.69 Å². The number of anilines is 1. The van der Waals surface area contributed by atoms with Gasteiger partial charge in [0.2, 0.25) is 5.91 Å². The van der Waals surface area contributed by atoms with Crippen molar-refractivity contribution in [2.45, 2.75) is 45.7 Å². The second kappa shape index (κ2) is 11.1.